The van der Waals surface area contributed by atoms with E-state index >= 15 is 0 Å². The lowest BCUT2D eigenvalue weighted by molar-refractivity contribution is 0.186. The highest BCUT2D eigenvalue weighted by molar-refractivity contribution is 5.93. The first-order chi connectivity index (χ1) is 7.76. The second-order valence-corrected chi connectivity index (χ2v) is 3.70. The van der Waals surface area contributed by atoms with Gasteiger partial charge in [0, 0.05) is 23.8 Å². The lowest BCUT2D eigenvalue weighted by Gasteiger charge is -2.10. The molecule has 0 aliphatic rings. The van der Waals surface area contributed by atoms with E-state index in [1.54, 1.807) is 7.11 Å². The second-order valence-electron chi connectivity index (χ2n) is 3.70. The summed E-state index contributed by atoms with van der Waals surface area (Å²) in [5.74, 6) is 5.50. The molecule has 0 unspecified atom stereocenters. The van der Waals surface area contributed by atoms with E-state index in [2.05, 4.69) is 10.4 Å². The Morgan fingerprint density at radius 3 is 2.94 bits per heavy atom. The summed E-state index contributed by atoms with van der Waals surface area (Å²) in [6.45, 7) is 2.50. The molecule has 84 valence electrons. The van der Waals surface area contributed by atoms with Crippen molar-refractivity contribution in [3.05, 3.63) is 35.5 Å². The van der Waals surface area contributed by atoms with Crippen molar-refractivity contribution in [2.45, 2.75) is 13.5 Å². The fourth-order valence-electron chi connectivity index (χ4n) is 1.83. The normalized spacial score (nSPS) is 10.7. The Morgan fingerprint density at radius 2 is 2.25 bits per heavy atom. The number of nitrogens with two attached hydrogens (primary N) is 1. The van der Waals surface area contributed by atoms with Gasteiger partial charge in [0.2, 0.25) is 0 Å². The zero-order valence-electron chi connectivity index (χ0n) is 9.45. The Morgan fingerprint density at radius 1 is 1.44 bits per heavy atom. The number of ether oxygens (including phenoxy) is 1. The highest BCUT2D eigenvalue weighted by Crippen LogP contribution is 2.25. The molecular formula is C12H15N3O. The van der Waals surface area contributed by atoms with Crippen LogP contribution in [0.15, 0.2) is 24.3 Å². The molecule has 0 saturated carbocycles. The van der Waals surface area contributed by atoms with E-state index in [-0.39, 0.29) is 0 Å². The molecule has 0 saturated heterocycles. The second kappa shape index (κ2) is 4.47. The summed E-state index contributed by atoms with van der Waals surface area (Å²) in [5, 5.41) is 1.02. The van der Waals surface area contributed by atoms with Crippen LogP contribution >= 0.6 is 0 Å². The number of aryl methyl sites for hydroxylation is 1. The van der Waals surface area contributed by atoms with Gasteiger partial charge in [-0.2, -0.15) is 0 Å². The molecule has 0 amide bonds. The summed E-state index contributed by atoms with van der Waals surface area (Å²) in [6, 6.07) is 7.92. The minimum atomic E-state index is 0.553. The summed E-state index contributed by atoms with van der Waals surface area (Å²) in [5.41, 5.74) is 6.53. The third kappa shape index (κ3) is 1.85. The first kappa shape index (κ1) is 10.9. The smallest absolute Gasteiger partial charge is 0.0781 e. The Balaban J connectivity index is 2.71. The number of methoxy groups -OCH3 is 1. The molecule has 0 aliphatic carbocycles. The SMILES string of the molecule is COCc1cccc2c(NN)cc(C)nc12. The molecule has 1 heterocycles. The van der Waals surface area contributed by atoms with Gasteiger partial charge in [0.15, 0.2) is 0 Å². The van der Waals surface area contributed by atoms with E-state index in [0.29, 0.717) is 6.61 Å². The number of nitrogens with one attached hydrogen (secondary N) is 1. The minimum Gasteiger partial charge on any atom is -0.380 e. The first-order valence-corrected chi connectivity index (χ1v) is 5.11. The number of anilines is 1. The summed E-state index contributed by atoms with van der Waals surface area (Å²) >= 11 is 0. The fraction of sp³-hybridized carbons (Fsp3) is 0.250. The van der Waals surface area contributed by atoms with Crippen LogP contribution in [-0.4, -0.2) is 12.1 Å². The molecule has 4 nitrogen and oxygen atoms in total. The monoisotopic (exact) mass is 217 g/mol. The molecule has 2 rings (SSSR count). The number of hydrogen-bond donors (Lipinski definition) is 2. The maximum absolute atomic E-state index is 5.50. The van der Waals surface area contributed by atoms with Gasteiger partial charge < -0.3 is 10.2 Å². The third-order valence-corrected chi connectivity index (χ3v) is 2.51. The van der Waals surface area contributed by atoms with Crippen LogP contribution in [0.25, 0.3) is 10.9 Å². The molecule has 16 heavy (non-hydrogen) atoms. The van der Waals surface area contributed by atoms with Crippen molar-refractivity contribution in [2.75, 3.05) is 12.5 Å². The van der Waals surface area contributed by atoms with Crippen LogP contribution in [0, 0.1) is 6.92 Å². The zero-order valence-corrected chi connectivity index (χ0v) is 9.45. The van der Waals surface area contributed by atoms with E-state index in [0.717, 1.165) is 27.8 Å². The van der Waals surface area contributed by atoms with Crippen molar-refractivity contribution < 1.29 is 4.74 Å². The molecule has 0 fully saturated rings. The van der Waals surface area contributed by atoms with E-state index < -0.39 is 0 Å². The number of fused-ring (bicyclic) bond motifs is 1. The topological polar surface area (TPSA) is 60.2 Å². The summed E-state index contributed by atoms with van der Waals surface area (Å²) in [6.07, 6.45) is 0. The van der Waals surface area contributed by atoms with Crippen molar-refractivity contribution in [1.29, 1.82) is 0 Å². The van der Waals surface area contributed by atoms with Crippen LogP contribution in [0.2, 0.25) is 0 Å². The molecule has 3 N–H and O–H groups in total. The van der Waals surface area contributed by atoms with Crippen molar-refractivity contribution in [2.24, 2.45) is 5.84 Å². The minimum absolute atomic E-state index is 0.553. The van der Waals surface area contributed by atoms with E-state index in [1.165, 1.54) is 0 Å². The van der Waals surface area contributed by atoms with E-state index in [1.807, 2.05) is 31.2 Å². The molecule has 0 spiro atoms. The van der Waals surface area contributed by atoms with Gasteiger partial charge in [-0.05, 0) is 13.0 Å². The van der Waals surface area contributed by atoms with Gasteiger partial charge in [-0.1, -0.05) is 18.2 Å². The summed E-state index contributed by atoms with van der Waals surface area (Å²) < 4.78 is 5.16. The number of para-hydroxylation sites is 1. The Kier molecular flexibility index (Phi) is 3.03. The number of rotatable bonds is 3. The van der Waals surface area contributed by atoms with Crippen molar-refractivity contribution in [1.82, 2.24) is 4.98 Å². The van der Waals surface area contributed by atoms with Crippen LogP contribution in [-0.2, 0) is 11.3 Å². The Labute approximate surface area is 94.4 Å². The predicted molar refractivity (Wildman–Crippen MR) is 65.0 cm³/mol. The van der Waals surface area contributed by atoms with Gasteiger partial charge in [-0.15, -0.1) is 0 Å². The zero-order chi connectivity index (χ0) is 11.5. The van der Waals surface area contributed by atoms with Crippen LogP contribution < -0.4 is 11.3 Å². The number of pyridine rings is 1. The third-order valence-electron chi connectivity index (χ3n) is 2.51. The number of nitrogen functional groups attached to an aromatic ring is 1. The lowest BCUT2D eigenvalue weighted by Crippen LogP contribution is -2.08. The van der Waals surface area contributed by atoms with Gasteiger partial charge in [0.05, 0.1) is 17.8 Å². The average molecular weight is 217 g/mol. The Hall–Kier alpha value is -1.65. The summed E-state index contributed by atoms with van der Waals surface area (Å²) in [4.78, 5) is 4.53. The molecular weight excluding hydrogens is 202 g/mol. The number of nitrogens with zero attached hydrogens (tertiary/aromatic N) is 1. The highest BCUT2D eigenvalue weighted by atomic mass is 16.5. The van der Waals surface area contributed by atoms with Crippen LogP contribution in [0.3, 0.4) is 0 Å². The Bertz CT molecular complexity index is 511. The highest BCUT2D eigenvalue weighted by Gasteiger charge is 2.06. The fourth-order valence-corrected chi connectivity index (χ4v) is 1.83. The molecule has 0 radical (unpaired) electrons. The molecule has 0 bridgehead atoms. The predicted octanol–water partition coefficient (Wildman–Crippen LogP) is 1.98. The van der Waals surface area contributed by atoms with Gasteiger partial charge in [-0.3, -0.25) is 10.8 Å². The quantitative estimate of drug-likeness (QED) is 0.609. The number of aromatic nitrogens is 1. The molecule has 0 aliphatic heterocycles. The molecule has 0 atom stereocenters. The van der Waals surface area contributed by atoms with Gasteiger partial charge in [0.1, 0.15) is 0 Å². The molecule has 4 heteroatoms. The molecule has 2 aromatic rings. The maximum Gasteiger partial charge on any atom is 0.0781 e. The van der Waals surface area contributed by atoms with Crippen LogP contribution in [0.4, 0.5) is 5.69 Å². The molecule has 1 aromatic carbocycles. The maximum atomic E-state index is 5.50. The van der Waals surface area contributed by atoms with Crippen molar-refractivity contribution in [3.63, 3.8) is 0 Å². The van der Waals surface area contributed by atoms with Gasteiger partial charge in [0.25, 0.3) is 0 Å². The van der Waals surface area contributed by atoms with E-state index in [9.17, 15) is 0 Å². The number of hydrogen-bond acceptors (Lipinski definition) is 4. The molecule has 1 aromatic heterocycles. The van der Waals surface area contributed by atoms with E-state index in [4.69, 9.17) is 10.6 Å². The first-order valence-electron chi connectivity index (χ1n) is 5.11. The number of benzene rings is 1. The van der Waals surface area contributed by atoms with Crippen LogP contribution in [0.1, 0.15) is 11.3 Å². The standard InChI is InChI=1S/C12H15N3O/c1-8-6-11(15-13)10-5-3-4-9(7-16-2)12(10)14-8/h3-6H,7,13H2,1-2H3,(H,14,15). The average Bonchev–Trinajstić information content (AvgIpc) is 2.29. The lowest BCUT2D eigenvalue weighted by atomic mass is 10.1. The largest absolute Gasteiger partial charge is 0.380 e. The van der Waals surface area contributed by atoms with Crippen molar-refractivity contribution in [3.8, 4) is 0 Å². The summed E-state index contributed by atoms with van der Waals surface area (Å²) in [7, 11) is 1.68. The van der Waals surface area contributed by atoms with Crippen molar-refractivity contribution >= 4 is 16.6 Å². The van der Waals surface area contributed by atoms with Gasteiger partial charge >= 0.3 is 0 Å². The van der Waals surface area contributed by atoms with Gasteiger partial charge in [-0.25, -0.2) is 0 Å². The van der Waals surface area contributed by atoms with Crippen LogP contribution in [0.5, 0.6) is 0 Å². The number of hydrazine groups is 1.